The molecular formula is C13H15BrClN3O. The largest absolute Gasteiger partial charge is 0.491 e. The molecule has 0 saturated carbocycles. The molecular weight excluding hydrogens is 330 g/mol. The number of halogens is 2. The normalized spacial score (nSPS) is 10.5. The van der Waals surface area contributed by atoms with E-state index in [0.717, 1.165) is 21.6 Å². The zero-order chi connectivity index (χ0) is 13.8. The van der Waals surface area contributed by atoms with Gasteiger partial charge in [0.25, 0.3) is 0 Å². The van der Waals surface area contributed by atoms with Crippen LogP contribution in [0.15, 0.2) is 28.9 Å². The summed E-state index contributed by atoms with van der Waals surface area (Å²) in [6, 6.07) is 5.64. The lowest BCUT2D eigenvalue weighted by Crippen LogP contribution is -2.07. The molecule has 0 saturated heterocycles. The third-order valence-electron chi connectivity index (χ3n) is 2.68. The van der Waals surface area contributed by atoms with Crippen LogP contribution in [0.3, 0.4) is 0 Å². The molecule has 0 atom stereocenters. The number of anilines is 1. The molecule has 0 spiro atoms. The summed E-state index contributed by atoms with van der Waals surface area (Å²) in [4.78, 5) is 0. The van der Waals surface area contributed by atoms with E-state index in [2.05, 4.69) is 26.3 Å². The van der Waals surface area contributed by atoms with Gasteiger partial charge in [0.05, 0.1) is 29.0 Å². The quantitative estimate of drug-likeness (QED) is 0.895. The zero-order valence-corrected chi connectivity index (χ0v) is 13.1. The number of rotatable bonds is 5. The van der Waals surface area contributed by atoms with Crippen molar-refractivity contribution in [2.24, 2.45) is 7.05 Å². The van der Waals surface area contributed by atoms with E-state index in [0.29, 0.717) is 18.2 Å². The first-order chi connectivity index (χ1) is 9.11. The van der Waals surface area contributed by atoms with Crippen molar-refractivity contribution in [1.82, 2.24) is 9.78 Å². The fraction of sp³-hybridized carbons (Fsp3) is 0.308. The molecule has 0 radical (unpaired) electrons. The summed E-state index contributed by atoms with van der Waals surface area (Å²) >= 11 is 9.54. The third kappa shape index (κ3) is 3.42. The van der Waals surface area contributed by atoms with Gasteiger partial charge in [-0.25, -0.2) is 0 Å². The summed E-state index contributed by atoms with van der Waals surface area (Å²) in [7, 11) is 1.91. The Labute approximate surface area is 125 Å². The molecule has 0 aliphatic rings. The van der Waals surface area contributed by atoms with E-state index in [-0.39, 0.29) is 0 Å². The minimum Gasteiger partial charge on any atom is -0.491 e. The monoisotopic (exact) mass is 343 g/mol. The van der Waals surface area contributed by atoms with Crippen LogP contribution < -0.4 is 10.1 Å². The van der Waals surface area contributed by atoms with Gasteiger partial charge in [-0.05, 0) is 41.1 Å². The molecule has 102 valence electrons. The summed E-state index contributed by atoms with van der Waals surface area (Å²) in [6.45, 7) is 3.20. The molecule has 0 amide bonds. The van der Waals surface area contributed by atoms with E-state index in [9.17, 15) is 0 Å². The van der Waals surface area contributed by atoms with E-state index in [1.165, 1.54) is 0 Å². The van der Waals surface area contributed by atoms with Gasteiger partial charge in [-0.15, -0.1) is 0 Å². The van der Waals surface area contributed by atoms with Gasteiger partial charge in [-0.3, -0.25) is 4.68 Å². The average molecular weight is 345 g/mol. The summed E-state index contributed by atoms with van der Waals surface area (Å²) < 4.78 is 8.30. The van der Waals surface area contributed by atoms with Crippen LogP contribution in [0.5, 0.6) is 5.75 Å². The second-order valence-electron chi connectivity index (χ2n) is 4.00. The van der Waals surface area contributed by atoms with Crippen molar-refractivity contribution in [1.29, 1.82) is 0 Å². The standard InChI is InChI=1S/C13H15BrClN3O/c1-3-19-13-11(14)6-9(15)7-12(13)16-8-10-4-5-17-18(10)2/h4-7,16H,3,8H2,1-2H3. The lowest BCUT2D eigenvalue weighted by Gasteiger charge is -2.14. The van der Waals surface area contributed by atoms with Gasteiger partial charge in [-0.2, -0.15) is 5.10 Å². The van der Waals surface area contributed by atoms with Gasteiger partial charge < -0.3 is 10.1 Å². The Morgan fingerprint density at radius 3 is 2.89 bits per heavy atom. The van der Waals surface area contributed by atoms with Crippen molar-refractivity contribution in [3.63, 3.8) is 0 Å². The smallest absolute Gasteiger partial charge is 0.156 e. The predicted molar refractivity (Wildman–Crippen MR) is 80.9 cm³/mol. The minimum atomic E-state index is 0.598. The summed E-state index contributed by atoms with van der Waals surface area (Å²) in [6.07, 6.45) is 1.77. The number of nitrogens with one attached hydrogen (secondary N) is 1. The predicted octanol–water partition coefficient (Wildman–Crippen LogP) is 3.85. The van der Waals surface area contributed by atoms with Crippen LogP contribution in [-0.2, 0) is 13.6 Å². The SMILES string of the molecule is CCOc1c(Br)cc(Cl)cc1NCc1ccnn1C. The van der Waals surface area contributed by atoms with E-state index < -0.39 is 0 Å². The molecule has 2 aromatic rings. The van der Waals surface area contributed by atoms with Crippen LogP contribution in [0.25, 0.3) is 0 Å². The fourth-order valence-electron chi connectivity index (χ4n) is 1.74. The maximum atomic E-state index is 6.07. The van der Waals surface area contributed by atoms with E-state index in [4.69, 9.17) is 16.3 Å². The Balaban J connectivity index is 2.21. The highest BCUT2D eigenvalue weighted by Gasteiger charge is 2.10. The molecule has 1 heterocycles. The Kier molecular flexibility index (Phi) is 4.71. The Hall–Kier alpha value is -1.20. The molecule has 6 heteroatoms. The molecule has 0 aliphatic heterocycles. The van der Waals surface area contributed by atoms with E-state index in [1.807, 2.05) is 36.9 Å². The Morgan fingerprint density at radius 1 is 1.47 bits per heavy atom. The van der Waals surface area contributed by atoms with Crippen molar-refractivity contribution in [2.75, 3.05) is 11.9 Å². The van der Waals surface area contributed by atoms with Gasteiger partial charge in [0.1, 0.15) is 0 Å². The number of hydrogen-bond acceptors (Lipinski definition) is 3. The first-order valence-electron chi connectivity index (χ1n) is 5.94. The van der Waals surface area contributed by atoms with Crippen molar-refractivity contribution >= 4 is 33.2 Å². The van der Waals surface area contributed by atoms with Crippen LogP contribution >= 0.6 is 27.5 Å². The Morgan fingerprint density at radius 2 is 2.26 bits per heavy atom. The third-order valence-corrected chi connectivity index (χ3v) is 3.49. The zero-order valence-electron chi connectivity index (χ0n) is 10.8. The van der Waals surface area contributed by atoms with Gasteiger partial charge in [0.15, 0.2) is 5.75 Å². The number of ether oxygens (including phenoxy) is 1. The molecule has 1 aromatic carbocycles. The van der Waals surface area contributed by atoms with Crippen molar-refractivity contribution < 1.29 is 4.74 Å². The summed E-state index contributed by atoms with van der Waals surface area (Å²) in [5.41, 5.74) is 1.95. The lowest BCUT2D eigenvalue weighted by atomic mass is 10.2. The van der Waals surface area contributed by atoms with Crippen LogP contribution in [-0.4, -0.2) is 16.4 Å². The lowest BCUT2D eigenvalue weighted by molar-refractivity contribution is 0.339. The second kappa shape index (κ2) is 6.30. The van der Waals surface area contributed by atoms with Gasteiger partial charge in [0, 0.05) is 18.3 Å². The number of aryl methyl sites for hydroxylation is 1. The highest BCUT2D eigenvalue weighted by Crippen LogP contribution is 2.36. The maximum Gasteiger partial charge on any atom is 0.156 e. The molecule has 0 unspecified atom stereocenters. The summed E-state index contributed by atoms with van der Waals surface area (Å²) in [5.74, 6) is 0.772. The highest BCUT2D eigenvalue weighted by atomic mass is 79.9. The molecule has 1 N–H and O–H groups in total. The topological polar surface area (TPSA) is 39.1 Å². The first kappa shape index (κ1) is 14.2. The van der Waals surface area contributed by atoms with E-state index in [1.54, 1.807) is 6.20 Å². The van der Waals surface area contributed by atoms with Crippen molar-refractivity contribution in [3.8, 4) is 5.75 Å². The molecule has 1 aromatic heterocycles. The highest BCUT2D eigenvalue weighted by molar-refractivity contribution is 9.10. The van der Waals surface area contributed by atoms with Crippen molar-refractivity contribution in [3.05, 3.63) is 39.6 Å². The maximum absolute atomic E-state index is 6.07. The van der Waals surface area contributed by atoms with Gasteiger partial charge in [0.2, 0.25) is 0 Å². The molecule has 19 heavy (non-hydrogen) atoms. The second-order valence-corrected chi connectivity index (χ2v) is 5.29. The molecule has 2 rings (SSSR count). The first-order valence-corrected chi connectivity index (χ1v) is 7.11. The average Bonchev–Trinajstić information content (AvgIpc) is 2.76. The summed E-state index contributed by atoms with van der Waals surface area (Å²) in [5, 5.41) is 8.11. The van der Waals surface area contributed by atoms with Crippen LogP contribution in [0, 0.1) is 0 Å². The van der Waals surface area contributed by atoms with Gasteiger partial charge >= 0.3 is 0 Å². The van der Waals surface area contributed by atoms with Crippen LogP contribution in [0.4, 0.5) is 5.69 Å². The van der Waals surface area contributed by atoms with E-state index >= 15 is 0 Å². The van der Waals surface area contributed by atoms with Gasteiger partial charge in [-0.1, -0.05) is 11.6 Å². The molecule has 0 bridgehead atoms. The molecule has 0 aliphatic carbocycles. The number of benzene rings is 1. The Bertz CT molecular complexity index is 571. The fourth-order valence-corrected chi connectivity index (χ4v) is 2.67. The van der Waals surface area contributed by atoms with Crippen LogP contribution in [0.1, 0.15) is 12.6 Å². The number of hydrogen-bond donors (Lipinski definition) is 1. The van der Waals surface area contributed by atoms with Crippen molar-refractivity contribution in [2.45, 2.75) is 13.5 Å². The minimum absolute atomic E-state index is 0.598. The van der Waals surface area contributed by atoms with Crippen LogP contribution in [0.2, 0.25) is 5.02 Å². The number of nitrogens with zero attached hydrogens (tertiary/aromatic N) is 2. The number of aromatic nitrogens is 2. The molecule has 4 nitrogen and oxygen atoms in total. The molecule has 0 fully saturated rings.